The number of nitrogens with one attached hydrogen (secondary N) is 1. The maximum atomic E-state index is 12.7. The van der Waals surface area contributed by atoms with Crippen LogP contribution < -0.4 is 15.0 Å². The van der Waals surface area contributed by atoms with E-state index in [1.54, 1.807) is 6.08 Å². The molecule has 0 radical (unpaired) electrons. The maximum Gasteiger partial charge on any atom is 0.253 e. The molecule has 2 aromatic rings. The van der Waals surface area contributed by atoms with E-state index in [9.17, 15) is 19.5 Å². The molecule has 7 nitrogen and oxygen atoms in total. The monoisotopic (exact) mass is 481 g/mol. The summed E-state index contributed by atoms with van der Waals surface area (Å²) in [5, 5.41) is 14.2. The van der Waals surface area contributed by atoms with Crippen molar-refractivity contribution in [1.29, 1.82) is 0 Å². The fourth-order valence-electron chi connectivity index (χ4n) is 3.72. The minimum absolute atomic E-state index is 0.112. The highest BCUT2D eigenvalue weighted by molar-refractivity contribution is 8.00. The van der Waals surface area contributed by atoms with Gasteiger partial charge >= 0.3 is 0 Å². The van der Waals surface area contributed by atoms with E-state index in [2.05, 4.69) is 5.32 Å². The molecule has 2 aliphatic rings. The average molecular weight is 482 g/mol. The van der Waals surface area contributed by atoms with Crippen molar-refractivity contribution in [3.63, 3.8) is 0 Å². The van der Waals surface area contributed by atoms with Crippen molar-refractivity contribution < 1.29 is 24.1 Å². The van der Waals surface area contributed by atoms with Crippen LogP contribution in [0.5, 0.6) is 0 Å². The predicted molar refractivity (Wildman–Crippen MR) is 125 cm³/mol. The molecule has 1 fully saturated rings. The average Bonchev–Trinajstić information content (AvgIpc) is 2.82. The number of benzene rings is 1. The van der Waals surface area contributed by atoms with Crippen LogP contribution in [-0.4, -0.2) is 45.6 Å². The standard InChI is InChI=1S/C24H23N3O4S2/c1-16-8-5-6-12-26(16)13-7-9-17-14-33-23-20(22(29)27(23)21(17)24(30)31)25-19(28)15-32-18-10-3-2-4-11-18/h2-12,20,23H,13-15H2,1H3,(H-,25,28,30,31). The molecular formula is C24H23N3O4S2. The second-order valence-electron chi connectivity index (χ2n) is 7.61. The first kappa shape index (κ1) is 23.1. The molecule has 1 aromatic carbocycles. The van der Waals surface area contributed by atoms with E-state index in [4.69, 9.17) is 0 Å². The number of fused-ring (bicyclic) bond motifs is 1. The fourth-order valence-corrected chi connectivity index (χ4v) is 5.77. The van der Waals surface area contributed by atoms with Gasteiger partial charge in [-0.3, -0.25) is 14.5 Å². The first-order valence-corrected chi connectivity index (χ1v) is 12.5. The van der Waals surface area contributed by atoms with Crippen molar-refractivity contribution in [3.05, 3.63) is 83.8 Å². The van der Waals surface area contributed by atoms with Crippen LogP contribution in [0.2, 0.25) is 0 Å². The largest absolute Gasteiger partial charge is 0.543 e. The number of nitrogens with zero attached hydrogens (tertiary/aromatic N) is 2. The van der Waals surface area contributed by atoms with Crippen molar-refractivity contribution in [1.82, 2.24) is 10.2 Å². The number of aliphatic carboxylic acids is 1. The Labute approximate surface area is 200 Å². The van der Waals surface area contributed by atoms with Gasteiger partial charge in [0, 0.05) is 29.7 Å². The van der Waals surface area contributed by atoms with E-state index < -0.39 is 23.3 Å². The number of amides is 2. The summed E-state index contributed by atoms with van der Waals surface area (Å²) in [7, 11) is 0. The van der Waals surface area contributed by atoms with Crippen LogP contribution >= 0.6 is 23.5 Å². The summed E-state index contributed by atoms with van der Waals surface area (Å²) >= 11 is 2.82. The Morgan fingerprint density at radius 2 is 2.00 bits per heavy atom. The number of allylic oxidation sites excluding steroid dienone is 2. The molecule has 1 aromatic heterocycles. The van der Waals surface area contributed by atoms with Crippen molar-refractivity contribution in [3.8, 4) is 0 Å². The van der Waals surface area contributed by atoms with Gasteiger partial charge < -0.3 is 15.2 Å². The van der Waals surface area contributed by atoms with Crippen LogP contribution in [0.1, 0.15) is 5.69 Å². The van der Waals surface area contributed by atoms with Gasteiger partial charge in [0.25, 0.3) is 5.91 Å². The lowest BCUT2D eigenvalue weighted by atomic mass is 10.0. The SMILES string of the molecule is Cc1cccc[n+]1CC=CC1=C(C(=O)[O-])N2C(=O)C(NC(=O)CSc3ccccc3)C2SC1. The summed E-state index contributed by atoms with van der Waals surface area (Å²) in [6.45, 7) is 2.57. The molecule has 0 bridgehead atoms. The van der Waals surface area contributed by atoms with E-state index in [-0.39, 0.29) is 17.4 Å². The number of carbonyl (C=O) groups excluding carboxylic acids is 3. The molecule has 2 amide bonds. The van der Waals surface area contributed by atoms with Gasteiger partial charge in [0.05, 0.1) is 17.4 Å². The molecule has 3 heterocycles. The quantitative estimate of drug-likeness (QED) is 0.344. The topological polar surface area (TPSA) is 93.4 Å². The number of β-lactam (4-membered cyclic amide) rings is 1. The summed E-state index contributed by atoms with van der Waals surface area (Å²) in [6, 6.07) is 14.7. The molecule has 0 spiro atoms. The first-order valence-electron chi connectivity index (χ1n) is 10.4. The minimum Gasteiger partial charge on any atom is -0.543 e. The van der Waals surface area contributed by atoms with Gasteiger partial charge in [0.1, 0.15) is 11.4 Å². The molecule has 0 saturated carbocycles. The lowest BCUT2D eigenvalue weighted by molar-refractivity contribution is -0.693. The van der Waals surface area contributed by atoms with Gasteiger partial charge in [0.2, 0.25) is 5.91 Å². The highest BCUT2D eigenvalue weighted by atomic mass is 32.2. The number of carbonyl (C=O) groups is 3. The zero-order valence-electron chi connectivity index (χ0n) is 18.0. The van der Waals surface area contributed by atoms with Crippen LogP contribution in [0.4, 0.5) is 0 Å². The number of rotatable bonds is 8. The van der Waals surface area contributed by atoms with Crippen LogP contribution in [0.25, 0.3) is 0 Å². The van der Waals surface area contributed by atoms with Crippen LogP contribution in [0.15, 0.2) is 83.0 Å². The van der Waals surface area contributed by atoms with Gasteiger partial charge in [-0.1, -0.05) is 30.3 Å². The Morgan fingerprint density at radius 3 is 2.73 bits per heavy atom. The summed E-state index contributed by atoms with van der Waals surface area (Å²) < 4.78 is 2.03. The number of thioether (sulfide) groups is 2. The molecule has 33 heavy (non-hydrogen) atoms. The zero-order valence-corrected chi connectivity index (χ0v) is 19.6. The Morgan fingerprint density at radius 1 is 1.24 bits per heavy atom. The predicted octanol–water partition coefficient (Wildman–Crippen LogP) is 1.03. The Balaban J connectivity index is 1.40. The first-order chi connectivity index (χ1) is 16.0. The van der Waals surface area contributed by atoms with E-state index >= 15 is 0 Å². The highest BCUT2D eigenvalue weighted by Crippen LogP contribution is 2.40. The number of carboxylic acids is 1. The van der Waals surface area contributed by atoms with Crippen LogP contribution in [0.3, 0.4) is 0 Å². The van der Waals surface area contributed by atoms with E-state index in [1.807, 2.05) is 72.3 Å². The molecular weight excluding hydrogens is 458 g/mol. The normalized spacial score (nSPS) is 19.9. The van der Waals surface area contributed by atoms with Crippen LogP contribution in [-0.2, 0) is 20.9 Å². The van der Waals surface area contributed by atoms with Gasteiger partial charge in [-0.15, -0.1) is 23.5 Å². The smallest absolute Gasteiger partial charge is 0.253 e. The number of aromatic nitrogens is 1. The number of aryl methyl sites for hydroxylation is 1. The zero-order chi connectivity index (χ0) is 23.4. The minimum atomic E-state index is -1.39. The molecule has 1 N–H and O–H groups in total. The summed E-state index contributed by atoms with van der Waals surface area (Å²) in [5.41, 5.74) is 1.50. The third-order valence-corrected chi connectivity index (χ3v) is 7.72. The molecule has 2 unspecified atom stereocenters. The third-order valence-electron chi connectivity index (χ3n) is 5.41. The van der Waals surface area contributed by atoms with E-state index in [0.717, 1.165) is 10.6 Å². The van der Waals surface area contributed by atoms with Crippen molar-refractivity contribution in [2.45, 2.75) is 29.8 Å². The summed E-state index contributed by atoms with van der Waals surface area (Å²) in [5.74, 6) is -1.48. The fraction of sp³-hybridized carbons (Fsp3) is 0.250. The van der Waals surface area contributed by atoms with Gasteiger partial charge in [0.15, 0.2) is 18.4 Å². The number of pyridine rings is 1. The molecule has 2 atom stereocenters. The molecule has 2 aliphatic heterocycles. The Hall–Kier alpha value is -3.04. The number of carboxylic acid groups (broad SMARTS) is 1. The van der Waals surface area contributed by atoms with E-state index in [1.165, 1.54) is 28.4 Å². The molecule has 0 aliphatic carbocycles. The summed E-state index contributed by atoms with van der Waals surface area (Å²) in [4.78, 5) is 39.2. The molecule has 4 rings (SSSR count). The highest BCUT2D eigenvalue weighted by Gasteiger charge is 2.52. The van der Waals surface area contributed by atoms with Crippen molar-refractivity contribution >= 4 is 41.3 Å². The van der Waals surface area contributed by atoms with Gasteiger partial charge in [-0.05, 0) is 23.8 Å². The second kappa shape index (κ2) is 10.3. The molecule has 9 heteroatoms. The number of hydrogen-bond donors (Lipinski definition) is 1. The Kier molecular flexibility index (Phi) is 7.20. The van der Waals surface area contributed by atoms with Crippen molar-refractivity contribution in [2.75, 3.05) is 11.5 Å². The molecule has 1 saturated heterocycles. The van der Waals surface area contributed by atoms with Gasteiger partial charge in [-0.25, -0.2) is 0 Å². The second-order valence-corrected chi connectivity index (χ2v) is 9.77. The third kappa shape index (κ3) is 5.15. The lowest BCUT2D eigenvalue weighted by Gasteiger charge is -2.50. The Bertz CT molecular complexity index is 1130. The van der Waals surface area contributed by atoms with Gasteiger partial charge in [-0.2, -0.15) is 4.57 Å². The lowest BCUT2D eigenvalue weighted by Crippen LogP contribution is -2.71. The van der Waals surface area contributed by atoms with Crippen LogP contribution in [0, 0.1) is 6.92 Å². The number of hydrogen-bond acceptors (Lipinski definition) is 6. The maximum absolute atomic E-state index is 12.7. The van der Waals surface area contributed by atoms with Crippen molar-refractivity contribution in [2.24, 2.45) is 0 Å². The molecule has 170 valence electrons. The van der Waals surface area contributed by atoms with E-state index in [0.29, 0.717) is 17.9 Å². The summed E-state index contributed by atoms with van der Waals surface area (Å²) in [6.07, 6.45) is 5.56.